The molecule has 1 aromatic rings. The summed E-state index contributed by atoms with van der Waals surface area (Å²) in [5, 5.41) is 3.26. The summed E-state index contributed by atoms with van der Waals surface area (Å²) in [6.45, 7) is 9.58. The van der Waals surface area contributed by atoms with Gasteiger partial charge in [0.25, 0.3) is 0 Å². The van der Waals surface area contributed by atoms with E-state index in [4.69, 9.17) is 0 Å². The van der Waals surface area contributed by atoms with Crippen LogP contribution in [-0.2, 0) is 12.8 Å². The lowest BCUT2D eigenvalue weighted by atomic mass is 10.1. The molecule has 1 N–H and O–H groups in total. The van der Waals surface area contributed by atoms with Crippen LogP contribution < -0.4 is 5.32 Å². The summed E-state index contributed by atoms with van der Waals surface area (Å²) < 4.78 is 0. The average molecular weight is 221 g/mol. The molecule has 0 aliphatic heterocycles. The Morgan fingerprint density at radius 2 is 2.00 bits per heavy atom. The highest BCUT2D eigenvalue weighted by atomic mass is 15.0. The lowest BCUT2D eigenvalue weighted by molar-refractivity contribution is 0.573. The highest BCUT2D eigenvalue weighted by Crippen LogP contribution is 2.11. The quantitative estimate of drug-likeness (QED) is 0.802. The molecule has 0 fully saturated rings. The van der Waals surface area contributed by atoms with Crippen LogP contribution in [0.25, 0.3) is 0 Å². The fourth-order valence-corrected chi connectivity index (χ4v) is 1.53. The predicted octanol–water partition coefficient (Wildman–Crippen LogP) is 3.06. The first-order chi connectivity index (χ1) is 7.65. The Bertz CT molecular complexity index is 321. The highest BCUT2D eigenvalue weighted by Gasteiger charge is 2.04. The molecule has 0 radical (unpaired) electrons. The van der Waals surface area contributed by atoms with Gasteiger partial charge in [0.1, 0.15) is 11.6 Å². The maximum atomic E-state index is 4.55. The standard InChI is InChI=1S/C13H23N3/c1-5-11-9-13(14-6-2)16-12(15-11)8-7-10(3)4/h9-10H,5-8H2,1-4H3,(H,14,15,16). The topological polar surface area (TPSA) is 37.8 Å². The third-order valence-corrected chi connectivity index (χ3v) is 2.49. The number of aromatic nitrogens is 2. The second-order valence-electron chi connectivity index (χ2n) is 4.48. The van der Waals surface area contributed by atoms with Crippen LogP contribution >= 0.6 is 0 Å². The largest absolute Gasteiger partial charge is 0.370 e. The van der Waals surface area contributed by atoms with Crippen molar-refractivity contribution in [3.8, 4) is 0 Å². The van der Waals surface area contributed by atoms with E-state index in [-0.39, 0.29) is 0 Å². The van der Waals surface area contributed by atoms with Crippen LogP contribution in [0, 0.1) is 5.92 Å². The zero-order valence-corrected chi connectivity index (χ0v) is 10.9. The van der Waals surface area contributed by atoms with E-state index in [1.807, 2.05) is 6.07 Å². The molecule has 0 bridgehead atoms. The van der Waals surface area contributed by atoms with Gasteiger partial charge in [0.05, 0.1) is 0 Å². The summed E-state index contributed by atoms with van der Waals surface area (Å²) in [4.78, 5) is 9.08. The number of hydrogen-bond acceptors (Lipinski definition) is 3. The van der Waals surface area contributed by atoms with Crippen molar-refractivity contribution in [3.05, 3.63) is 17.6 Å². The van der Waals surface area contributed by atoms with Crippen LogP contribution in [0.15, 0.2) is 6.07 Å². The first-order valence-electron chi connectivity index (χ1n) is 6.26. The van der Waals surface area contributed by atoms with E-state index < -0.39 is 0 Å². The molecule has 0 aromatic carbocycles. The molecule has 1 aromatic heterocycles. The van der Waals surface area contributed by atoms with Crippen molar-refractivity contribution >= 4 is 5.82 Å². The zero-order valence-electron chi connectivity index (χ0n) is 10.9. The summed E-state index contributed by atoms with van der Waals surface area (Å²) >= 11 is 0. The van der Waals surface area contributed by atoms with Gasteiger partial charge in [-0.3, -0.25) is 0 Å². The molecule has 0 unspecified atom stereocenters. The van der Waals surface area contributed by atoms with Gasteiger partial charge in [-0.05, 0) is 25.7 Å². The van der Waals surface area contributed by atoms with Gasteiger partial charge >= 0.3 is 0 Å². The van der Waals surface area contributed by atoms with Gasteiger partial charge in [-0.25, -0.2) is 9.97 Å². The van der Waals surface area contributed by atoms with E-state index >= 15 is 0 Å². The summed E-state index contributed by atoms with van der Waals surface area (Å²) in [5.41, 5.74) is 1.13. The summed E-state index contributed by atoms with van der Waals surface area (Å²) in [7, 11) is 0. The van der Waals surface area contributed by atoms with Crippen molar-refractivity contribution in [1.29, 1.82) is 0 Å². The summed E-state index contributed by atoms with van der Waals surface area (Å²) in [6, 6.07) is 2.04. The monoisotopic (exact) mass is 221 g/mol. The van der Waals surface area contributed by atoms with Crippen LogP contribution in [0.2, 0.25) is 0 Å². The van der Waals surface area contributed by atoms with Crippen molar-refractivity contribution in [3.63, 3.8) is 0 Å². The Kier molecular flexibility index (Phi) is 5.23. The molecule has 1 rings (SSSR count). The van der Waals surface area contributed by atoms with Crippen molar-refractivity contribution in [2.45, 2.75) is 47.0 Å². The minimum absolute atomic E-state index is 0.705. The molecule has 0 saturated carbocycles. The van der Waals surface area contributed by atoms with Crippen LogP contribution in [0.1, 0.15) is 45.6 Å². The minimum Gasteiger partial charge on any atom is -0.370 e. The third-order valence-electron chi connectivity index (χ3n) is 2.49. The Morgan fingerprint density at radius 3 is 2.56 bits per heavy atom. The van der Waals surface area contributed by atoms with Gasteiger partial charge in [0.2, 0.25) is 0 Å². The molecule has 90 valence electrons. The van der Waals surface area contributed by atoms with Crippen molar-refractivity contribution in [2.75, 3.05) is 11.9 Å². The number of rotatable bonds is 6. The number of anilines is 1. The molecule has 3 nitrogen and oxygen atoms in total. The van der Waals surface area contributed by atoms with E-state index in [0.29, 0.717) is 5.92 Å². The Hall–Kier alpha value is -1.12. The first-order valence-corrected chi connectivity index (χ1v) is 6.26. The normalized spacial score (nSPS) is 10.8. The van der Waals surface area contributed by atoms with Gasteiger partial charge < -0.3 is 5.32 Å². The van der Waals surface area contributed by atoms with Crippen molar-refractivity contribution < 1.29 is 0 Å². The Balaban J connectivity index is 2.77. The second-order valence-corrected chi connectivity index (χ2v) is 4.48. The Morgan fingerprint density at radius 1 is 1.25 bits per heavy atom. The van der Waals surface area contributed by atoms with Crippen LogP contribution in [0.3, 0.4) is 0 Å². The van der Waals surface area contributed by atoms with E-state index in [1.165, 1.54) is 0 Å². The maximum absolute atomic E-state index is 4.55. The van der Waals surface area contributed by atoms with Gasteiger partial charge in [0.15, 0.2) is 0 Å². The molecule has 0 amide bonds. The number of nitrogens with one attached hydrogen (secondary N) is 1. The van der Waals surface area contributed by atoms with Crippen molar-refractivity contribution in [1.82, 2.24) is 9.97 Å². The number of nitrogens with zero attached hydrogens (tertiary/aromatic N) is 2. The first kappa shape index (κ1) is 12.9. The molecule has 0 spiro atoms. The molecule has 3 heteroatoms. The summed E-state index contributed by atoms with van der Waals surface area (Å²) in [6.07, 6.45) is 3.10. The molecule has 16 heavy (non-hydrogen) atoms. The van der Waals surface area contributed by atoms with E-state index in [9.17, 15) is 0 Å². The molecular formula is C13H23N3. The van der Waals surface area contributed by atoms with Gasteiger partial charge in [-0.15, -0.1) is 0 Å². The van der Waals surface area contributed by atoms with E-state index in [1.54, 1.807) is 0 Å². The average Bonchev–Trinajstić information content (AvgIpc) is 2.26. The SMILES string of the molecule is CCNc1cc(CC)nc(CCC(C)C)n1. The van der Waals surface area contributed by atoms with Crippen molar-refractivity contribution in [2.24, 2.45) is 5.92 Å². The summed E-state index contributed by atoms with van der Waals surface area (Å²) in [5.74, 6) is 2.65. The fourth-order valence-electron chi connectivity index (χ4n) is 1.53. The molecule has 0 atom stereocenters. The van der Waals surface area contributed by atoms with Gasteiger partial charge in [-0.2, -0.15) is 0 Å². The van der Waals surface area contributed by atoms with E-state index in [0.717, 1.165) is 43.1 Å². The maximum Gasteiger partial charge on any atom is 0.131 e. The smallest absolute Gasteiger partial charge is 0.131 e. The zero-order chi connectivity index (χ0) is 12.0. The second kappa shape index (κ2) is 6.46. The molecule has 0 saturated heterocycles. The highest BCUT2D eigenvalue weighted by molar-refractivity contribution is 5.35. The minimum atomic E-state index is 0.705. The number of aryl methyl sites for hydroxylation is 2. The van der Waals surface area contributed by atoms with Crippen LogP contribution in [0.5, 0.6) is 0 Å². The van der Waals surface area contributed by atoms with Crippen LogP contribution in [0.4, 0.5) is 5.82 Å². The number of hydrogen-bond donors (Lipinski definition) is 1. The Labute approximate surface area is 98.7 Å². The molecule has 1 heterocycles. The van der Waals surface area contributed by atoms with Gasteiger partial charge in [0, 0.05) is 24.7 Å². The molecule has 0 aliphatic rings. The molecular weight excluding hydrogens is 198 g/mol. The van der Waals surface area contributed by atoms with E-state index in [2.05, 4.69) is 43.0 Å². The lowest BCUT2D eigenvalue weighted by Gasteiger charge is -2.09. The fraction of sp³-hybridized carbons (Fsp3) is 0.692. The van der Waals surface area contributed by atoms with Gasteiger partial charge in [-0.1, -0.05) is 20.8 Å². The third kappa shape index (κ3) is 4.17. The molecule has 0 aliphatic carbocycles. The lowest BCUT2D eigenvalue weighted by Crippen LogP contribution is -2.06. The predicted molar refractivity (Wildman–Crippen MR) is 68.7 cm³/mol. The van der Waals surface area contributed by atoms with Crippen LogP contribution in [-0.4, -0.2) is 16.5 Å².